The molecule has 3 rings (SSSR count). The van der Waals surface area contributed by atoms with Gasteiger partial charge >= 0.3 is 0 Å². The summed E-state index contributed by atoms with van der Waals surface area (Å²) in [7, 11) is 0. The Bertz CT molecular complexity index is 774. The molecule has 0 saturated carbocycles. The van der Waals surface area contributed by atoms with Crippen molar-refractivity contribution in [3.8, 4) is 5.69 Å². The number of pyridine rings is 1. The summed E-state index contributed by atoms with van der Waals surface area (Å²) in [5.74, 6) is 0.732. The summed E-state index contributed by atoms with van der Waals surface area (Å²) in [6.45, 7) is 4.20. The second-order valence-electron chi connectivity index (χ2n) is 5.08. The van der Waals surface area contributed by atoms with Crippen LogP contribution in [-0.4, -0.2) is 15.8 Å². The van der Waals surface area contributed by atoms with E-state index in [0.717, 1.165) is 22.8 Å². The first-order chi connectivity index (χ1) is 10.8. The first-order valence-corrected chi connectivity index (χ1v) is 7.20. The molecule has 0 saturated heterocycles. The molecule has 0 aliphatic heterocycles. The minimum Gasteiger partial charge on any atom is -0.318 e. The standard InChI is InChI=1S/C18H18N4/c1-14-12-16(13-20-21-18-10-6-7-11-19-18)15(2)22(14)17-8-4-3-5-9-17/h3-13H,1-2H3,(H,19,21). The fourth-order valence-electron chi connectivity index (χ4n) is 2.49. The van der Waals surface area contributed by atoms with Gasteiger partial charge in [0, 0.05) is 28.8 Å². The van der Waals surface area contributed by atoms with E-state index in [1.165, 1.54) is 5.69 Å². The molecular formula is C18H18N4. The molecule has 1 N–H and O–H groups in total. The Hall–Kier alpha value is -2.88. The van der Waals surface area contributed by atoms with Crippen LogP contribution < -0.4 is 5.43 Å². The van der Waals surface area contributed by atoms with Gasteiger partial charge in [-0.15, -0.1) is 0 Å². The highest BCUT2D eigenvalue weighted by atomic mass is 15.3. The molecule has 0 bridgehead atoms. The summed E-state index contributed by atoms with van der Waals surface area (Å²) in [6.07, 6.45) is 3.57. The van der Waals surface area contributed by atoms with Crippen molar-refractivity contribution in [3.63, 3.8) is 0 Å². The van der Waals surface area contributed by atoms with Crippen LogP contribution in [0.4, 0.5) is 5.82 Å². The molecule has 0 aliphatic carbocycles. The predicted molar refractivity (Wildman–Crippen MR) is 90.7 cm³/mol. The average molecular weight is 290 g/mol. The SMILES string of the molecule is Cc1cc(C=NNc2ccccn2)c(C)n1-c1ccccc1. The van der Waals surface area contributed by atoms with Gasteiger partial charge in [-0.25, -0.2) is 4.98 Å². The third-order valence-corrected chi connectivity index (χ3v) is 3.53. The molecule has 0 atom stereocenters. The molecule has 4 heteroatoms. The molecule has 0 radical (unpaired) electrons. The van der Waals surface area contributed by atoms with Crippen LogP contribution in [0.25, 0.3) is 5.69 Å². The number of hydrogen-bond donors (Lipinski definition) is 1. The second kappa shape index (κ2) is 6.26. The molecule has 0 spiro atoms. The average Bonchev–Trinajstić information content (AvgIpc) is 2.83. The van der Waals surface area contributed by atoms with Crippen LogP contribution >= 0.6 is 0 Å². The van der Waals surface area contributed by atoms with Gasteiger partial charge in [0.15, 0.2) is 0 Å². The Kier molecular flexibility index (Phi) is 4.01. The topological polar surface area (TPSA) is 42.2 Å². The highest BCUT2D eigenvalue weighted by molar-refractivity contribution is 5.82. The zero-order chi connectivity index (χ0) is 15.4. The van der Waals surface area contributed by atoms with E-state index in [0.29, 0.717) is 0 Å². The van der Waals surface area contributed by atoms with Crippen molar-refractivity contribution in [2.75, 3.05) is 5.43 Å². The zero-order valence-electron chi connectivity index (χ0n) is 12.7. The van der Waals surface area contributed by atoms with Crippen molar-refractivity contribution < 1.29 is 0 Å². The fourth-order valence-corrected chi connectivity index (χ4v) is 2.49. The van der Waals surface area contributed by atoms with Gasteiger partial charge in [0.25, 0.3) is 0 Å². The van der Waals surface area contributed by atoms with Crippen LogP contribution in [0.15, 0.2) is 65.9 Å². The van der Waals surface area contributed by atoms with Gasteiger partial charge in [0.05, 0.1) is 6.21 Å². The van der Waals surface area contributed by atoms with Crippen molar-refractivity contribution in [2.45, 2.75) is 13.8 Å². The van der Waals surface area contributed by atoms with E-state index in [4.69, 9.17) is 0 Å². The molecule has 3 aromatic rings. The lowest BCUT2D eigenvalue weighted by Gasteiger charge is -2.08. The number of nitrogens with one attached hydrogen (secondary N) is 1. The van der Waals surface area contributed by atoms with Crippen LogP contribution in [0.5, 0.6) is 0 Å². The Morgan fingerprint density at radius 1 is 1.05 bits per heavy atom. The summed E-state index contributed by atoms with van der Waals surface area (Å²) in [6, 6.07) is 18.1. The predicted octanol–water partition coefficient (Wildman–Crippen LogP) is 3.94. The van der Waals surface area contributed by atoms with Crippen molar-refractivity contribution in [1.82, 2.24) is 9.55 Å². The minimum absolute atomic E-state index is 0.732. The summed E-state index contributed by atoms with van der Waals surface area (Å²) in [4.78, 5) is 4.17. The number of aromatic nitrogens is 2. The number of aryl methyl sites for hydroxylation is 1. The number of hydrazone groups is 1. The number of hydrogen-bond acceptors (Lipinski definition) is 3. The Morgan fingerprint density at radius 3 is 2.55 bits per heavy atom. The van der Waals surface area contributed by atoms with Crippen LogP contribution in [0, 0.1) is 13.8 Å². The monoisotopic (exact) mass is 290 g/mol. The number of nitrogens with zero attached hydrogens (tertiary/aromatic N) is 3. The molecule has 0 amide bonds. The maximum absolute atomic E-state index is 4.27. The van der Waals surface area contributed by atoms with Crippen LogP contribution in [0.2, 0.25) is 0 Å². The first-order valence-electron chi connectivity index (χ1n) is 7.20. The van der Waals surface area contributed by atoms with Crippen LogP contribution in [0.3, 0.4) is 0 Å². The first kappa shape index (κ1) is 14.1. The van der Waals surface area contributed by atoms with E-state index in [1.807, 2.05) is 42.6 Å². The number of rotatable bonds is 4. The van der Waals surface area contributed by atoms with E-state index >= 15 is 0 Å². The maximum Gasteiger partial charge on any atom is 0.146 e. The lowest BCUT2D eigenvalue weighted by molar-refractivity contribution is 0.965. The quantitative estimate of drug-likeness (QED) is 0.584. The normalized spacial score (nSPS) is 11.0. The molecule has 2 aromatic heterocycles. The van der Waals surface area contributed by atoms with E-state index in [2.05, 4.69) is 52.1 Å². The van der Waals surface area contributed by atoms with Crippen molar-refractivity contribution in [1.29, 1.82) is 0 Å². The summed E-state index contributed by atoms with van der Waals surface area (Å²) < 4.78 is 2.22. The molecule has 2 heterocycles. The fraction of sp³-hybridized carbons (Fsp3) is 0.111. The van der Waals surface area contributed by atoms with Crippen LogP contribution in [-0.2, 0) is 0 Å². The summed E-state index contributed by atoms with van der Waals surface area (Å²) >= 11 is 0. The molecular weight excluding hydrogens is 272 g/mol. The molecule has 110 valence electrons. The molecule has 0 unspecified atom stereocenters. The van der Waals surface area contributed by atoms with Gasteiger partial charge in [-0.05, 0) is 44.2 Å². The van der Waals surface area contributed by atoms with Crippen molar-refractivity contribution in [3.05, 3.63) is 77.7 Å². The third kappa shape index (κ3) is 2.91. The van der Waals surface area contributed by atoms with Crippen LogP contribution in [0.1, 0.15) is 17.0 Å². The van der Waals surface area contributed by atoms with E-state index in [-0.39, 0.29) is 0 Å². The number of para-hydroxylation sites is 1. The molecule has 0 fully saturated rings. The number of benzene rings is 1. The van der Waals surface area contributed by atoms with E-state index in [1.54, 1.807) is 6.20 Å². The summed E-state index contributed by atoms with van der Waals surface area (Å²) in [5.41, 5.74) is 7.53. The molecule has 4 nitrogen and oxygen atoms in total. The van der Waals surface area contributed by atoms with E-state index < -0.39 is 0 Å². The molecule has 0 aliphatic rings. The molecule has 1 aromatic carbocycles. The summed E-state index contributed by atoms with van der Waals surface area (Å²) in [5, 5.41) is 4.27. The van der Waals surface area contributed by atoms with Gasteiger partial charge in [-0.2, -0.15) is 5.10 Å². The number of anilines is 1. The Balaban J connectivity index is 1.84. The van der Waals surface area contributed by atoms with Gasteiger partial charge in [-0.1, -0.05) is 24.3 Å². The third-order valence-electron chi connectivity index (χ3n) is 3.53. The largest absolute Gasteiger partial charge is 0.318 e. The van der Waals surface area contributed by atoms with Gasteiger partial charge in [0.1, 0.15) is 5.82 Å². The second-order valence-corrected chi connectivity index (χ2v) is 5.08. The zero-order valence-corrected chi connectivity index (χ0v) is 12.7. The van der Waals surface area contributed by atoms with Gasteiger partial charge in [-0.3, -0.25) is 5.43 Å². The minimum atomic E-state index is 0.732. The van der Waals surface area contributed by atoms with Gasteiger partial charge < -0.3 is 4.57 Å². The Labute approximate surface area is 130 Å². The Morgan fingerprint density at radius 2 is 1.82 bits per heavy atom. The van der Waals surface area contributed by atoms with Crippen molar-refractivity contribution in [2.24, 2.45) is 5.10 Å². The maximum atomic E-state index is 4.27. The lowest BCUT2D eigenvalue weighted by atomic mass is 10.2. The van der Waals surface area contributed by atoms with Crippen molar-refractivity contribution >= 4 is 12.0 Å². The smallest absolute Gasteiger partial charge is 0.146 e. The highest BCUT2D eigenvalue weighted by Gasteiger charge is 2.08. The lowest BCUT2D eigenvalue weighted by Crippen LogP contribution is -1.99. The molecule has 22 heavy (non-hydrogen) atoms. The van der Waals surface area contributed by atoms with E-state index in [9.17, 15) is 0 Å². The van der Waals surface area contributed by atoms with Gasteiger partial charge in [0.2, 0.25) is 0 Å². The highest BCUT2D eigenvalue weighted by Crippen LogP contribution is 2.19.